The smallest absolute Gasteiger partial charge is 0.125 e. The van der Waals surface area contributed by atoms with Crippen LogP contribution in [0.4, 0.5) is 4.39 Å². The summed E-state index contributed by atoms with van der Waals surface area (Å²) in [6, 6.07) is 5.99. The van der Waals surface area contributed by atoms with Crippen molar-refractivity contribution in [3.8, 4) is 5.75 Å². The van der Waals surface area contributed by atoms with Crippen LogP contribution in [0.15, 0.2) is 41.1 Å². The van der Waals surface area contributed by atoms with E-state index in [1.807, 2.05) is 6.07 Å². The summed E-state index contributed by atoms with van der Waals surface area (Å²) < 4.78 is 19.6. The SMILES string of the molecule is CC(O)c1cc(F)ccc1OCc1cncc(Br)c1. The first-order valence-corrected chi connectivity index (χ1v) is 6.55. The van der Waals surface area contributed by atoms with Gasteiger partial charge in [-0.15, -0.1) is 0 Å². The molecule has 0 aliphatic rings. The van der Waals surface area contributed by atoms with E-state index in [2.05, 4.69) is 20.9 Å². The fourth-order valence-electron chi connectivity index (χ4n) is 1.67. The van der Waals surface area contributed by atoms with Crippen LogP contribution in [0.3, 0.4) is 0 Å². The Morgan fingerprint density at radius 3 is 2.84 bits per heavy atom. The van der Waals surface area contributed by atoms with Gasteiger partial charge in [0.1, 0.15) is 18.2 Å². The normalized spacial score (nSPS) is 12.2. The van der Waals surface area contributed by atoms with Crippen LogP contribution >= 0.6 is 15.9 Å². The summed E-state index contributed by atoms with van der Waals surface area (Å²) in [7, 11) is 0. The summed E-state index contributed by atoms with van der Waals surface area (Å²) >= 11 is 3.33. The van der Waals surface area contributed by atoms with Gasteiger partial charge in [-0.25, -0.2) is 4.39 Å². The average molecular weight is 326 g/mol. The molecular formula is C14H13BrFNO2. The molecule has 1 heterocycles. The Bertz CT molecular complexity index is 575. The van der Waals surface area contributed by atoms with Gasteiger partial charge < -0.3 is 9.84 Å². The standard InChI is InChI=1S/C14H13BrFNO2/c1-9(18)13-5-12(16)2-3-14(13)19-8-10-4-11(15)7-17-6-10/h2-7,9,18H,8H2,1H3. The number of benzene rings is 1. The van der Waals surface area contributed by atoms with E-state index in [9.17, 15) is 9.50 Å². The van der Waals surface area contributed by atoms with Crippen molar-refractivity contribution in [3.63, 3.8) is 0 Å². The second kappa shape index (κ2) is 6.12. The van der Waals surface area contributed by atoms with Gasteiger partial charge in [0, 0.05) is 28.0 Å². The topological polar surface area (TPSA) is 42.4 Å². The van der Waals surface area contributed by atoms with Gasteiger partial charge in [0.05, 0.1) is 6.10 Å². The molecule has 0 spiro atoms. The molecule has 2 aromatic rings. The second-order valence-corrected chi connectivity index (χ2v) is 5.07. The number of halogens is 2. The highest BCUT2D eigenvalue weighted by molar-refractivity contribution is 9.10. The van der Waals surface area contributed by atoms with Gasteiger partial charge in [-0.1, -0.05) is 0 Å². The molecule has 0 aliphatic heterocycles. The molecule has 0 aliphatic carbocycles. The lowest BCUT2D eigenvalue weighted by atomic mass is 10.1. The number of ether oxygens (including phenoxy) is 1. The van der Waals surface area contributed by atoms with Gasteiger partial charge in [0.25, 0.3) is 0 Å². The van der Waals surface area contributed by atoms with Crippen molar-refractivity contribution in [2.45, 2.75) is 19.6 Å². The van der Waals surface area contributed by atoms with Crippen molar-refractivity contribution in [3.05, 3.63) is 58.1 Å². The largest absolute Gasteiger partial charge is 0.488 e. The maximum absolute atomic E-state index is 13.1. The highest BCUT2D eigenvalue weighted by Gasteiger charge is 2.10. The molecule has 19 heavy (non-hydrogen) atoms. The Labute approximate surface area is 119 Å². The lowest BCUT2D eigenvalue weighted by Gasteiger charge is -2.13. The second-order valence-electron chi connectivity index (χ2n) is 4.16. The number of aliphatic hydroxyl groups is 1. The average Bonchev–Trinajstić information content (AvgIpc) is 2.37. The number of nitrogens with zero attached hydrogens (tertiary/aromatic N) is 1. The highest BCUT2D eigenvalue weighted by atomic mass is 79.9. The van der Waals surface area contributed by atoms with E-state index in [-0.39, 0.29) is 0 Å². The van der Waals surface area contributed by atoms with E-state index in [0.29, 0.717) is 17.9 Å². The molecule has 1 unspecified atom stereocenters. The van der Waals surface area contributed by atoms with Gasteiger partial charge in [0.2, 0.25) is 0 Å². The van der Waals surface area contributed by atoms with Gasteiger partial charge in [-0.05, 0) is 47.1 Å². The number of hydrogen-bond acceptors (Lipinski definition) is 3. The Balaban J connectivity index is 2.15. The molecule has 100 valence electrons. The van der Waals surface area contributed by atoms with Crippen LogP contribution in [-0.4, -0.2) is 10.1 Å². The zero-order valence-electron chi connectivity index (χ0n) is 10.3. The summed E-state index contributed by atoms with van der Waals surface area (Å²) in [5.41, 5.74) is 1.32. The zero-order chi connectivity index (χ0) is 13.8. The highest BCUT2D eigenvalue weighted by Crippen LogP contribution is 2.26. The quantitative estimate of drug-likeness (QED) is 0.933. The Hall–Kier alpha value is -1.46. The van der Waals surface area contributed by atoms with Crippen molar-refractivity contribution in [2.24, 2.45) is 0 Å². The van der Waals surface area contributed by atoms with Crippen molar-refractivity contribution >= 4 is 15.9 Å². The van der Waals surface area contributed by atoms with Crippen molar-refractivity contribution in [2.75, 3.05) is 0 Å². The number of hydrogen-bond donors (Lipinski definition) is 1. The maximum atomic E-state index is 13.1. The first-order chi connectivity index (χ1) is 9.06. The Morgan fingerprint density at radius 1 is 1.37 bits per heavy atom. The summed E-state index contributed by atoms with van der Waals surface area (Å²) in [4.78, 5) is 4.03. The van der Waals surface area contributed by atoms with Crippen LogP contribution < -0.4 is 4.74 Å². The monoisotopic (exact) mass is 325 g/mol. The fraction of sp³-hybridized carbons (Fsp3) is 0.214. The first kappa shape index (κ1) is 14.0. The summed E-state index contributed by atoms with van der Waals surface area (Å²) in [5, 5.41) is 9.60. The molecule has 0 fully saturated rings. The molecule has 0 saturated carbocycles. The zero-order valence-corrected chi connectivity index (χ0v) is 11.9. The molecule has 1 atom stereocenters. The van der Waals surface area contributed by atoms with Crippen LogP contribution in [0.1, 0.15) is 24.2 Å². The molecule has 5 heteroatoms. The number of aliphatic hydroxyl groups excluding tert-OH is 1. The van der Waals surface area contributed by atoms with Gasteiger partial charge in [0.15, 0.2) is 0 Å². The third-order valence-electron chi connectivity index (χ3n) is 2.58. The first-order valence-electron chi connectivity index (χ1n) is 5.76. The summed E-state index contributed by atoms with van der Waals surface area (Å²) in [5.74, 6) is 0.0729. The predicted octanol–water partition coefficient (Wildman–Crippen LogP) is 3.62. The molecule has 2 rings (SSSR count). The van der Waals surface area contributed by atoms with E-state index in [0.717, 1.165) is 10.0 Å². The number of pyridine rings is 1. The molecule has 0 amide bonds. The molecule has 0 saturated heterocycles. The molecular weight excluding hydrogens is 313 g/mol. The van der Waals surface area contributed by atoms with Crippen molar-refractivity contribution in [1.82, 2.24) is 4.98 Å². The van der Waals surface area contributed by atoms with Gasteiger partial charge in [-0.2, -0.15) is 0 Å². The Kier molecular flexibility index (Phi) is 4.50. The fourth-order valence-corrected chi connectivity index (χ4v) is 2.09. The van der Waals surface area contributed by atoms with E-state index in [1.54, 1.807) is 19.3 Å². The van der Waals surface area contributed by atoms with Crippen molar-refractivity contribution in [1.29, 1.82) is 0 Å². The molecule has 0 bridgehead atoms. The van der Waals surface area contributed by atoms with Crippen LogP contribution in [-0.2, 0) is 6.61 Å². The summed E-state index contributed by atoms with van der Waals surface area (Å²) in [6.07, 6.45) is 2.59. The lowest BCUT2D eigenvalue weighted by Crippen LogP contribution is -2.02. The van der Waals surface area contributed by atoms with E-state index in [4.69, 9.17) is 4.74 Å². The van der Waals surface area contributed by atoms with E-state index < -0.39 is 11.9 Å². The van der Waals surface area contributed by atoms with Crippen LogP contribution in [0, 0.1) is 5.82 Å². The van der Waals surface area contributed by atoms with Gasteiger partial charge >= 0.3 is 0 Å². The molecule has 0 radical (unpaired) electrons. The third-order valence-corrected chi connectivity index (χ3v) is 3.01. The maximum Gasteiger partial charge on any atom is 0.125 e. The lowest BCUT2D eigenvalue weighted by molar-refractivity contribution is 0.189. The summed E-state index contributed by atoms with van der Waals surface area (Å²) in [6.45, 7) is 1.88. The molecule has 1 aromatic carbocycles. The number of rotatable bonds is 4. The minimum atomic E-state index is -0.786. The van der Waals surface area contributed by atoms with Gasteiger partial charge in [-0.3, -0.25) is 4.98 Å². The van der Waals surface area contributed by atoms with Crippen LogP contribution in [0.2, 0.25) is 0 Å². The molecule has 3 nitrogen and oxygen atoms in total. The Morgan fingerprint density at radius 2 is 2.16 bits per heavy atom. The van der Waals surface area contributed by atoms with E-state index in [1.165, 1.54) is 18.2 Å². The third kappa shape index (κ3) is 3.75. The molecule has 1 aromatic heterocycles. The van der Waals surface area contributed by atoms with Crippen molar-refractivity contribution < 1.29 is 14.2 Å². The predicted molar refractivity (Wildman–Crippen MR) is 73.3 cm³/mol. The van der Waals surface area contributed by atoms with Crippen LogP contribution in [0.5, 0.6) is 5.75 Å². The number of aromatic nitrogens is 1. The minimum absolute atomic E-state index is 0.303. The minimum Gasteiger partial charge on any atom is -0.488 e. The van der Waals surface area contributed by atoms with E-state index >= 15 is 0 Å². The molecule has 1 N–H and O–H groups in total. The van der Waals surface area contributed by atoms with Crippen LogP contribution in [0.25, 0.3) is 0 Å².